The van der Waals surface area contributed by atoms with E-state index in [1.807, 2.05) is 85.3 Å². The number of ketones is 2. The molecule has 11 rings (SSSR count). The molecule has 0 spiro atoms. The first-order valence-corrected chi connectivity index (χ1v) is 40.0. The number of ether oxygens (including phenoxy) is 14. The maximum atomic E-state index is 14.2. The average molecular weight is 1620 g/mol. The second-order valence-electron chi connectivity index (χ2n) is 28.8. The predicted molar refractivity (Wildman–Crippen MR) is 435 cm³/mol. The first-order valence-electron chi connectivity index (χ1n) is 40.0. The second-order valence-corrected chi connectivity index (χ2v) is 28.8. The van der Waals surface area contributed by atoms with E-state index in [1.165, 1.54) is 14.2 Å². The molecule has 0 bridgehead atoms. The molecule has 3 unspecified atom stereocenters. The molecule has 30 nitrogen and oxygen atoms in total. The van der Waals surface area contributed by atoms with Crippen molar-refractivity contribution in [1.29, 1.82) is 0 Å². The molecule has 5 aliphatic heterocycles. The molecule has 117 heavy (non-hydrogen) atoms. The molecule has 0 saturated heterocycles. The fraction of sp³-hybridized carbons (Fsp3) is 0.471. The first kappa shape index (κ1) is 87.1. The number of amides is 6. The number of fused-ring (bicyclic) bond motifs is 5. The zero-order chi connectivity index (χ0) is 82.3. The average Bonchev–Trinajstić information content (AvgIpc) is 1.65. The normalized spacial score (nSPS) is 19.3. The van der Waals surface area contributed by atoms with Crippen LogP contribution in [0.3, 0.4) is 0 Å². The minimum atomic E-state index is -0.946. The van der Waals surface area contributed by atoms with Gasteiger partial charge in [0.1, 0.15) is 17.9 Å². The molecule has 2 aliphatic carbocycles. The van der Waals surface area contributed by atoms with Crippen molar-refractivity contribution >= 4 is 87.6 Å². The summed E-state index contributed by atoms with van der Waals surface area (Å²) in [6.45, 7) is 11.9. The van der Waals surface area contributed by atoms with Gasteiger partial charge in [-0.2, -0.15) is 0 Å². The number of nitrogens with zero attached hydrogens (tertiary/aromatic N) is 4. The van der Waals surface area contributed by atoms with Gasteiger partial charge in [-0.05, 0) is 89.9 Å². The number of hydrogen-bond donors (Lipinski definition) is 4. The first-order chi connectivity index (χ1) is 57.0. The highest BCUT2D eigenvalue weighted by molar-refractivity contribution is 6.11. The van der Waals surface area contributed by atoms with E-state index in [4.69, 9.17) is 76.3 Å². The summed E-state index contributed by atoms with van der Waals surface area (Å²) in [6, 6.07) is 17.1. The number of nitrogens with one attached hydrogen (secondary N) is 4. The molecule has 1 saturated carbocycles. The van der Waals surface area contributed by atoms with E-state index in [0.29, 0.717) is 207 Å². The maximum absolute atomic E-state index is 14.2. The third kappa shape index (κ3) is 25.2. The van der Waals surface area contributed by atoms with Gasteiger partial charge in [-0.25, -0.2) is 0 Å². The summed E-state index contributed by atoms with van der Waals surface area (Å²) in [7, 11) is 3.02. The quantitative estimate of drug-likeness (QED) is 0.0236. The van der Waals surface area contributed by atoms with Crippen molar-refractivity contribution in [3.63, 3.8) is 0 Å². The van der Waals surface area contributed by atoms with Gasteiger partial charge in [0.15, 0.2) is 40.3 Å². The van der Waals surface area contributed by atoms with Gasteiger partial charge in [-0.15, -0.1) is 0 Å². The summed E-state index contributed by atoms with van der Waals surface area (Å²) in [6.07, 6.45) is 24.2. The van der Waals surface area contributed by atoms with E-state index < -0.39 is 35.7 Å². The van der Waals surface area contributed by atoms with Crippen molar-refractivity contribution < 1.29 is 105 Å². The van der Waals surface area contributed by atoms with Crippen LogP contribution in [0.1, 0.15) is 110 Å². The van der Waals surface area contributed by atoms with Crippen LogP contribution in [0.5, 0.6) is 34.5 Å². The SMILES string of the molecule is COc1cc2c(cc1OCCCOc1cc3c(cc1OC)C(=O)N1C=C(c4ccc5c(c4)OCO5)C[C@H]1C=N3)N=C[C@@H]1CC(c3ccc(NC(=O)[C@H](C)NC(=O)C(NC(=O)CCOCCOCCOCCOCCOCCOCCOCCOCCNC(=O)CCCCC4C(=O)CC(C5=C/C=C\C=C/C=C\5)C4=O)C(C)C)cc3)=CN1C2=O. The van der Waals surface area contributed by atoms with Gasteiger partial charge in [0.05, 0.1) is 180 Å². The molecule has 4 N–H and O–H groups in total. The predicted octanol–water partition coefficient (Wildman–Crippen LogP) is 9.39. The number of carbonyl (C=O) groups excluding carboxylic acids is 8. The summed E-state index contributed by atoms with van der Waals surface area (Å²) >= 11 is 0. The van der Waals surface area contributed by atoms with Crippen LogP contribution >= 0.6 is 0 Å². The van der Waals surface area contributed by atoms with E-state index in [-0.39, 0.29) is 99.3 Å². The number of Topliss-reactive ketones (excluding diaryl/α,β-unsaturated/α-hetero) is 2. The topological polar surface area (TPSA) is 345 Å². The van der Waals surface area contributed by atoms with Gasteiger partial charge < -0.3 is 97.4 Å². The molecule has 6 atom stereocenters. The Bertz CT molecular complexity index is 4380. The monoisotopic (exact) mass is 1610 g/mol. The maximum Gasteiger partial charge on any atom is 0.260 e. The number of methoxy groups -OCH3 is 2. The van der Waals surface area contributed by atoms with Crippen LogP contribution in [0.2, 0.25) is 0 Å². The molecule has 4 aromatic carbocycles. The van der Waals surface area contributed by atoms with Gasteiger partial charge in [-0.3, -0.25) is 48.3 Å². The number of rotatable bonds is 49. The van der Waals surface area contributed by atoms with Crippen LogP contribution in [0.4, 0.5) is 17.1 Å². The fourth-order valence-electron chi connectivity index (χ4n) is 13.9. The number of aliphatic imine (C=N–C) groups is 2. The van der Waals surface area contributed by atoms with Crippen LogP contribution < -0.4 is 49.7 Å². The standard InChI is InChI=1S/C87H106N8O22/c1-57(2)82(93-81(98)24-28-106-30-32-108-34-36-110-38-40-112-42-43-113-41-39-111-37-35-109-33-31-107-29-25-88-80(97)17-12-11-16-67-73(96)47-68(83(67)99)60-14-9-7-6-8-10-15-60)85(101)91-58(3)84(100)92-64-21-18-59(19-22-64)62-44-65-52-89-71-50-78(75(104-4)48-69(71)86(102)94(65)54-62)114-26-13-27-115-79-51-72-70(49-76(79)105-5)87(103)95-55-63(45-66(95)53-90-72)61-20-23-74-77(46-61)117-56-116-74/h6-10,14-15,18-23,46,48-55,57-58,65-68,82H,11-13,16-17,24-45,47,56H2,1-5H3,(H,88,97)(H,91,101)(H,92,100)(H,93,98)/b7-6-,8-6?,9-7?,10-8-,14-9-,15-10?,60-14?,60-15+/t58-,65-,66-,67?,68?,82?/m0/s1. The molecular weight excluding hydrogens is 1510 g/mol. The molecule has 7 aliphatic rings. The third-order valence-electron chi connectivity index (χ3n) is 20.2. The molecule has 5 heterocycles. The number of carbonyl (C=O) groups is 8. The highest BCUT2D eigenvalue weighted by atomic mass is 16.7. The highest BCUT2D eigenvalue weighted by Gasteiger charge is 2.42. The zero-order valence-electron chi connectivity index (χ0n) is 67.0. The van der Waals surface area contributed by atoms with Crippen molar-refractivity contribution in [3.8, 4) is 34.5 Å². The van der Waals surface area contributed by atoms with E-state index in [0.717, 1.165) is 27.8 Å². The lowest BCUT2D eigenvalue weighted by Crippen LogP contribution is -2.53. The smallest absolute Gasteiger partial charge is 0.260 e. The van der Waals surface area contributed by atoms with Gasteiger partial charge in [0, 0.05) is 87.7 Å². The second kappa shape index (κ2) is 45.1. The number of hydrogen-bond acceptors (Lipinski definition) is 24. The van der Waals surface area contributed by atoms with Gasteiger partial charge in [0.2, 0.25) is 30.4 Å². The van der Waals surface area contributed by atoms with Gasteiger partial charge in [0.25, 0.3) is 11.8 Å². The van der Waals surface area contributed by atoms with Gasteiger partial charge in [-0.1, -0.05) is 81.0 Å². The van der Waals surface area contributed by atoms with Crippen molar-refractivity contribution in [2.75, 3.05) is 152 Å². The van der Waals surface area contributed by atoms with E-state index >= 15 is 0 Å². The molecule has 1 fully saturated rings. The molecule has 30 heteroatoms. The van der Waals surface area contributed by atoms with E-state index in [2.05, 4.69) is 21.3 Å². The summed E-state index contributed by atoms with van der Waals surface area (Å²) in [5, 5.41) is 11.2. The van der Waals surface area contributed by atoms with Crippen LogP contribution in [0.15, 0.2) is 137 Å². The van der Waals surface area contributed by atoms with Crippen LogP contribution in [-0.4, -0.2) is 240 Å². The molecule has 4 aromatic rings. The highest BCUT2D eigenvalue weighted by Crippen LogP contribution is 2.44. The molecule has 0 aromatic heterocycles. The lowest BCUT2D eigenvalue weighted by molar-refractivity contribution is -0.132. The fourth-order valence-corrected chi connectivity index (χ4v) is 13.9. The summed E-state index contributed by atoms with van der Waals surface area (Å²) in [5.74, 6) is -0.293. The van der Waals surface area contributed by atoms with E-state index in [9.17, 15) is 38.4 Å². The Kier molecular flexibility index (Phi) is 33.6. The third-order valence-corrected chi connectivity index (χ3v) is 20.2. The number of allylic oxidation sites excluding steroid dienone is 8. The minimum absolute atomic E-state index is 0.0108. The summed E-state index contributed by atoms with van der Waals surface area (Å²) in [4.78, 5) is 119. The lowest BCUT2D eigenvalue weighted by Gasteiger charge is -2.24. The zero-order valence-corrected chi connectivity index (χ0v) is 67.0. The van der Waals surface area contributed by atoms with E-state index in [1.54, 1.807) is 79.4 Å². The lowest BCUT2D eigenvalue weighted by atomic mass is 9.91. The summed E-state index contributed by atoms with van der Waals surface area (Å²) < 4.78 is 79.3. The van der Waals surface area contributed by atoms with Crippen LogP contribution in [0, 0.1) is 17.8 Å². The minimum Gasteiger partial charge on any atom is -0.493 e. The molecule has 0 radical (unpaired) electrons. The van der Waals surface area contributed by atoms with Crippen LogP contribution in [0.25, 0.3) is 11.1 Å². The molecular formula is C87H106N8O22. The van der Waals surface area contributed by atoms with Crippen molar-refractivity contribution in [1.82, 2.24) is 25.8 Å². The Morgan fingerprint density at radius 2 is 1.03 bits per heavy atom. The number of benzene rings is 4. The van der Waals surface area contributed by atoms with Crippen molar-refractivity contribution in [2.45, 2.75) is 103 Å². The number of anilines is 1. The number of unbranched alkanes of at least 4 members (excludes halogenated alkanes) is 1. The Hall–Kier alpha value is -10.7. The molecule has 626 valence electrons. The van der Waals surface area contributed by atoms with Crippen molar-refractivity contribution in [3.05, 3.63) is 149 Å². The Morgan fingerprint density at radius 3 is 1.60 bits per heavy atom. The van der Waals surface area contributed by atoms with Crippen molar-refractivity contribution in [2.24, 2.45) is 27.7 Å². The Morgan fingerprint density at radius 1 is 0.513 bits per heavy atom. The molecule has 6 amide bonds. The largest absolute Gasteiger partial charge is 0.493 e. The summed E-state index contributed by atoms with van der Waals surface area (Å²) in [5.41, 5.74) is 6.62. The Balaban J connectivity index is 0.475. The Labute approximate surface area is 681 Å². The van der Waals surface area contributed by atoms with Gasteiger partial charge >= 0.3 is 0 Å². The van der Waals surface area contributed by atoms with Crippen LogP contribution in [-0.2, 0) is 66.7 Å².